The third-order valence-electron chi connectivity index (χ3n) is 3.81. The summed E-state index contributed by atoms with van der Waals surface area (Å²) in [5.74, 6) is 0.0665. The van der Waals surface area contributed by atoms with Gasteiger partial charge < -0.3 is 10.2 Å². The Morgan fingerprint density at radius 1 is 0.700 bits per heavy atom. The van der Waals surface area contributed by atoms with Gasteiger partial charge in [-0.25, -0.2) is 0 Å². The van der Waals surface area contributed by atoms with Crippen molar-refractivity contribution in [1.82, 2.24) is 0 Å². The summed E-state index contributed by atoms with van der Waals surface area (Å²) < 4.78 is 0. The Balaban J connectivity index is 3.85. The molecule has 0 heterocycles. The molecule has 4 unspecified atom stereocenters. The zero-order valence-corrected chi connectivity index (χ0v) is 13.3. The molecule has 4 atom stereocenters. The Hall–Kier alpha value is -1.06. The van der Waals surface area contributed by atoms with Crippen molar-refractivity contribution < 1.29 is 19.8 Å². The van der Waals surface area contributed by atoms with Crippen LogP contribution in [0.25, 0.3) is 0 Å². The Kier molecular flexibility index (Phi) is 9.26. The van der Waals surface area contributed by atoms with Crippen LogP contribution in [0.4, 0.5) is 0 Å². The molecule has 0 rings (SSSR count). The van der Waals surface area contributed by atoms with E-state index in [2.05, 4.69) is 13.8 Å². The SMILES string of the molecule is CC(CCC(C)CC(C)CC(=O)O)CC(C)CC(=O)O. The van der Waals surface area contributed by atoms with Gasteiger partial charge in [0.05, 0.1) is 0 Å². The van der Waals surface area contributed by atoms with Crippen LogP contribution < -0.4 is 0 Å². The Labute approximate surface area is 122 Å². The van der Waals surface area contributed by atoms with Crippen molar-refractivity contribution in [2.75, 3.05) is 0 Å². The zero-order valence-electron chi connectivity index (χ0n) is 13.3. The number of aliphatic carboxylic acids is 2. The minimum atomic E-state index is -0.722. The first kappa shape index (κ1) is 18.9. The fraction of sp³-hybridized carbons (Fsp3) is 0.875. The maximum Gasteiger partial charge on any atom is 0.303 e. The molecule has 0 bridgehead atoms. The third-order valence-corrected chi connectivity index (χ3v) is 3.81. The molecule has 0 aromatic carbocycles. The fourth-order valence-electron chi connectivity index (χ4n) is 2.94. The largest absolute Gasteiger partial charge is 0.481 e. The van der Waals surface area contributed by atoms with Crippen molar-refractivity contribution >= 4 is 11.9 Å². The number of carboxylic acids is 2. The van der Waals surface area contributed by atoms with E-state index in [0.717, 1.165) is 25.7 Å². The molecular weight excluding hydrogens is 256 g/mol. The molecule has 0 saturated heterocycles. The molecule has 0 saturated carbocycles. The first-order chi connectivity index (χ1) is 9.20. The van der Waals surface area contributed by atoms with E-state index in [1.807, 2.05) is 13.8 Å². The molecule has 4 heteroatoms. The van der Waals surface area contributed by atoms with Gasteiger partial charge in [-0.15, -0.1) is 0 Å². The van der Waals surface area contributed by atoms with Crippen molar-refractivity contribution in [2.45, 2.75) is 66.2 Å². The molecule has 0 fully saturated rings. The lowest BCUT2D eigenvalue weighted by molar-refractivity contribution is -0.139. The number of carbonyl (C=O) groups is 2. The van der Waals surface area contributed by atoms with Gasteiger partial charge in [0.25, 0.3) is 0 Å². The van der Waals surface area contributed by atoms with Gasteiger partial charge in [0.2, 0.25) is 0 Å². The first-order valence-corrected chi connectivity index (χ1v) is 7.64. The summed E-state index contributed by atoms with van der Waals surface area (Å²) in [4.78, 5) is 21.2. The van der Waals surface area contributed by atoms with Crippen LogP contribution in [-0.2, 0) is 9.59 Å². The van der Waals surface area contributed by atoms with Crippen molar-refractivity contribution in [2.24, 2.45) is 23.7 Å². The van der Waals surface area contributed by atoms with Gasteiger partial charge in [0.1, 0.15) is 0 Å². The van der Waals surface area contributed by atoms with Gasteiger partial charge in [-0.3, -0.25) is 9.59 Å². The number of carboxylic acid groups (broad SMARTS) is 2. The van der Waals surface area contributed by atoms with E-state index in [4.69, 9.17) is 10.2 Å². The summed E-state index contributed by atoms with van der Waals surface area (Å²) in [6.45, 7) is 8.32. The molecule has 0 radical (unpaired) electrons. The number of rotatable bonds is 11. The Morgan fingerprint density at radius 2 is 1.00 bits per heavy atom. The molecule has 4 nitrogen and oxygen atoms in total. The molecule has 0 spiro atoms. The van der Waals surface area contributed by atoms with Crippen LogP contribution in [0.15, 0.2) is 0 Å². The summed E-state index contributed by atoms with van der Waals surface area (Å²) >= 11 is 0. The minimum Gasteiger partial charge on any atom is -0.481 e. The summed E-state index contributed by atoms with van der Waals surface area (Å²) in [5, 5.41) is 17.5. The van der Waals surface area contributed by atoms with Crippen molar-refractivity contribution in [3.05, 3.63) is 0 Å². The molecule has 0 aromatic heterocycles. The molecule has 0 aromatic rings. The average Bonchev–Trinajstić information content (AvgIpc) is 2.23. The van der Waals surface area contributed by atoms with E-state index in [9.17, 15) is 9.59 Å². The second-order valence-electron chi connectivity index (χ2n) is 6.67. The van der Waals surface area contributed by atoms with Crippen LogP contribution in [0.2, 0.25) is 0 Å². The van der Waals surface area contributed by atoms with Gasteiger partial charge in [-0.05, 0) is 36.5 Å². The van der Waals surface area contributed by atoms with Gasteiger partial charge in [0, 0.05) is 12.8 Å². The van der Waals surface area contributed by atoms with E-state index in [1.54, 1.807) is 0 Å². The van der Waals surface area contributed by atoms with Crippen LogP contribution in [0.1, 0.15) is 66.2 Å². The lowest BCUT2D eigenvalue weighted by atomic mass is 9.86. The summed E-state index contributed by atoms with van der Waals surface area (Å²) in [6.07, 6.45) is 4.56. The fourth-order valence-corrected chi connectivity index (χ4v) is 2.94. The zero-order chi connectivity index (χ0) is 15.7. The average molecular weight is 286 g/mol. The first-order valence-electron chi connectivity index (χ1n) is 7.64. The van der Waals surface area contributed by atoms with E-state index in [1.165, 1.54) is 0 Å². The number of hydrogen-bond donors (Lipinski definition) is 2. The normalized spacial score (nSPS) is 17.2. The van der Waals surface area contributed by atoms with Crippen LogP contribution >= 0.6 is 0 Å². The maximum absolute atomic E-state index is 10.6. The quantitative estimate of drug-likeness (QED) is 0.601. The van der Waals surface area contributed by atoms with E-state index < -0.39 is 11.9 Å². The highest BCUT2D eigenvalue weighted by molar-refractivity contribution is 5.67. The predicted octanol–water partition coefficient (Wildman–Crippen LogP) is 4.04. The predicted molar refractivity (Wildman–Crippen MR) is 79.6 cm³/mol. The highest BCUT2D eigenvalue weighted by Gasteiger charge is 2.15. The molecular formula is C16H30O4. The summed E-state index contributed by atoms with van der Waals surface area (Å²) in [7, 11) is 0. The summed E-state index contributed by atoms with van der Waals surface area (Å²) in [6, 6.07) is 0. The van der Waals surface area contributed by atoms with Crippen molar-refractivity contribution in [3.8, 4) is 0 Å². The highest BCUT2D eigenvalue weighted by Crippen LogP contribution is 2.25. The molecule has 2 N–H and O–H groups in total. The Bertz CT molecular complexity index is 271. The molecule has 0 amide bonds. The van der Waals surface area contributed by atoms with Gasteiger partial charge >= 0.3 is 11.9 Å². The van der Waals surface area contributed by atoms with E-state index in [-0.39, 0.29) is 24.7 Å². The van der Waals surface area contributed by atoms with E-state index in [0.29, 0.717) is 11.8 Å². The van der Waals surface area contributed by atoms with Crippen LogP contribution in [0.3, 0.4) is 0 Å². The third kappa shape index (κ3) is 10.8. The smallest absolute Gasteiger partial charge is 0.303 e. The lowest BCUT2D eigenvalue weighted by Crippen LogP contribution is -2.11. The van der Waals surface area contributed by atoms with Crippen LogP contribution in [0.5, 0.6) is 0 Å². The van der Waals surface area contributed by atoms with Crippen molar-refractivity contribution in [3.63, 3.8) is 0 Å². The van der Waals surface area contributed by atoms with Gasteiger partial charge in [-0.2, -0.15) is 0 Å². The second kappa shape index (κ2) is 9.78. The van der Waals surface area contributed by atoms with E-state index >= 15 is 0 Å². The molecule has 0 aliphatic rings. The molecule has 0 aliphatic heterocycles. The second-order valence-corrected chi connectivity index (χ2v) is 6.67. The molecule has 0 aliphatic carbocycles. The highest BCUT2D eigenvalue weighted by atomic mass is 16.4. The standard InChI is InChI=1S/C16H30O4/c1-11(7-13(3)9-15(17)18)5-6-12(2)8-14(4)10-16(19)20/h11-14H,5-10H2,1-4H3,(H,17,18)(H,19,20). The molecule has 20 heavy (non-hydrogen) atoms. The lowest BCUT2D eigenvalue weighted by Gasteiger charge is -2.20. The number of hydrogen-bond acceptors (Lipinski definition) is 2. The van der Waals surface area contributed by atoms with Gasteiger partial charge in [-0.1, -0.05) is 40.5 Å². The van der Waals surface area contributed by atoms with Crippen LogP contribution in [-0.4, -0.2) is 22.2 Å². The maximum atomic E-state index is 10.6. The summed E-state index contributed by atoms with van der Waals surface area (Å²) in [5.41, 5.74) is 0. The monoisotopic (exact) mass is 286 g/mol. The van der Waals surface area contributed by atoms with Gasteiger partial charge in [0.15, 0.2) is 0 Å². The van der Waals surface area contributed by atoms with Crippen LogP contribution in [0, 0.1) is 23.7 Å². The topological polar surface area (TPSA) is 74.6 Å². The minimum absolute atomic E-state index is 0.226. The van der Waals surface area contributed by atoms with Crippen molar-refractivity contribution in [1.29, 1.82) is 0 Å². The molecule has 118 valence electrons. The Morgan fingerprint density at radius 3 is 1.25 bits per heavy atom.